The minimum absolute atomic E-state index is 0.500. The molecule has 0 saturated heterocycles. The second-order valence-electron chi connectivity index (χ2n) is 5.77. The van der Waals surface area contributed by atoms with Gasteiger partial charge in [-0.2, -0.15) is 5.90 Å². The lowest BCUT2D eigenvalue weighted by molar-refractivity contribution is 0.338. The maximum atomic E-state index is 9.50. The first-order valence-corrected chi connectivity index (χ1v) is 9.11. The van der Waals surface area contributed by atoms with Crippen LogP contribution >= 0.6 is 0 Å². The van der Waals surface area contributed by atoms with E-state index in [0.717, 1.165) is 29.5 Å². The largest absolute Gasteiger partial charge is 0.411 e. The molecule has 0 saturated carbocycles. The zero-order valence-electron chi connectivity index (χ0n) is 15.8. The Bertz CT molecular complexity index is 519. The summed E-state index contributed by atoms with van der Waals surface area (Å²) < 4.78 is 9.50. The van der Waals surface area contributed by atoms with Gasteiger partial charge < -0.3 is 9.82 Å². The number of aromatic amines is 1. The van der Waals surface area contributed by atoms with Crippen LogP contribution in [0.1, 0.15) is 71.3 Å². The molecule has 3 N–H and O–H groups in total. The highest BCUT2D eigenvalue weighted by molar-refractivity contribution is 5.89. The molecule has 0 aliphatic carbocycles. The molecule has 0 amide bonds. The molecule has 0 spiro atoms. The molecule has 1 aromatic heterocycles. The second kappa shape index (κ2) is 15.0. The molecule has 1 aromatic carbocycles. The van der Waals surface area contributed by atoms with Crippen LogP contribution in [-0.2, 0) is 6.42 Å². The van der Waals surface area contributed by atoms with E-state index in [-0.39, 0.29) is 0 Å². The first kappa shape index (κ1) is 22.4. The first-order valence-electron chi connectivity index (χ1n) is 9.11. The molecular formula is C20H35FN2O. The maximum Gasteiger partial charge on any atom is 0.156 e. The fourth-order valence-corrected chi connectivity index (χ4v) is 2.64. The summed E-state index contributed by atoms with van der Waals surface area (Å²) in [5, 5.41) is 1.11. The van der Waals surface area contributed by atoms with E-state index in [1.807, 2.05) is 24.4 Å². The Labute approximate surface area is 146 Å². The van der Waals surface area contributed by atoms with Crippen LogP contribution < -0.4 is 10.7 Å². The van der Waals surface area contributed by atoms with Crippen LogP contribution in [0.5, 0.6) is 5.75 Å². The molecule has 1 heterocycles. The van der Waals surface area contributed by atoms with Crippen molar-refractivity contribution < 1.29 is 9.23 Å². The average molecular weight is 339 g/mol. The van der Waals surface area contributed by atoms with E-state index in [9.17, 15) is 4.39 Å². The maximum absolute atomic E-state index is 9.50. The van der Waals surface area contributed by atoms with Gasteiger partial charge in [-0.25, -0.2) is 0 Å². The molecule has 0 aliphatic heterocycles. The molecule has 138 valence electrons. The van der Waals surface area contributed by atoms with Gasteiger partial charge in [0.2, 0.25) is 0 Å². The van der Waals surface area contributed by atoms with Gasteiger partial charge >= 0.3 is 0 Å². The van der Waals surface area contributed by atoms with Crippen LogP contribution in [0.2, 0.25) is 0 Å². The third kappa shape index (κ3) is 7.82. The van der Waals surface area contributed by atoms with Crippen molar-refractivity contribution in [1.82, 2.24) is 4.98 Å². The molecule has 0 fully saturated rings. The Hall–Kier alpha value is -1.55. The van der Waals surface area contributed by atoms with Crippen LogP contribution in [0.4, 0.5) is 4.39 Å². The van der Waals surface area contributed by atoms with E-state index in [0.29, 0.717) is 7.18 Å². The van der Waals surface area contributed by atoms with Crippen molar-refractivity contribution in [3.8, 4) is 5.75 Å². The number of fused-ring (bicyclic) bond motifs is 1. The Morgan fingerprint density at radius 2 is 1.58 bits per heavy atom. The van der Waals surface area contributed by atoms with Gasteiger partial charge in [0.25, 0.3) is 0 Å². The Balaban J connectivity index is 0.000000456. The average Bonchev–Trinajstić information content (AvgIpc) is 3.05. The van der Waals surface area contributed by atoms with E-state index in [2.05, 4.69) is 25.8 Å². The van der Waals surface area contributed by atoms with Crippen molar-refractivity contribution >= 4 is 10.9 Å². The minimum Gasteiger partial charge on any atom is -0.411 e. The van der Waals surface area contributed by atoms with Crippen LogP contribution in [-0.4, -0.2) is 12.2 Å². The molecular weight excluding hydrogens is 303 g/mol. The SMILES string of the molecule is CCCCCCCC.CCCc1c[nH]c2cccc(ON)c12.CF. The molecule has 4 heteroatoms. The highest BCUT2D eigenvalue weighted by Gasteiger charge is 2.07. The predicted molar refractivity (Wildman–Crippen MR) is 103 cm³/mol. The van der Waals surface area contributed by atoms with Crippen molar-refractivity contribution in [2.75, 3.05) is 7.18 Å². The summed E-state index contributed by atoms with van der Waals surface area (Å²) in [5.74, 6) is 5.97. The molecule has 3 nitrogen and oxygen atoms in total. The number of H-pyrrole nitrogens is 1. The zero-order valence-corrected chi connectivity index (χ0v) is 15.8. The molecule has 2 rings (SSSR count). The van der Waals surface area contributed by atoms with E-state index < -0.39 is 0 Å². The summed E-state index contributed by atoms with van der Waals surface area (Å²) in [4.78, 5) is 8.06. The molecule has 0 bridgehead atoms. The number of rotatable bonds is 8. The van der Waals surface area contributed by atoms with Gasteiger partial charge in [-0.05, 0) is 24.1 Å². The number of halogens is 1. The number of unbranched alkanes of at least 4 members (excludes halogenated alkanes) is 5. The number of aryl methyl sites for hydroxylation is 1. The fourth-order valence-electron chi connectivity index (χ4n) is 2.64. The third-order valence-corrected chi connectivity index (χ3v) is 3.85. The lowest BCUT2D eigenvalue weighted by atomic mass is 10.1. The Kier molecular flexibility index (Phi) is 14.0. The topological polar surface area (TPSA) is 51.0 Å². The summed E-state index contributed by atoms with van der Waals surface area (Å²) in [6.07, 6.45) is 12.7. The molecule has 0 atom stereocenters. The summed E-state index contributed by atoms with van der Waals surface area (Å²) >= 11 is 0. The van der Waals surface area contributed by atoms with Crippen LogP contribution in [0.25, 0.3) is 10.9 Å². The number of nitrogens with one attached hydrogen (secondary N) is 1. The van der Waals surface area contributed by atoms with Crippen molar-refractivity contribution in [2.24, 2.45) is 5.90 Å². The van der Waals surface area contributed by atoms with Gasteiger partial charge in [0.15, 0.2) is 5.75 Å². The molecule has 2 aromatic rings. The quantitative estimate of drug-likeness (QED) is 0.437. The number of hydrogen-bond donors (Lipinski definition) is 2. The fraction of sp³-hybridized carbons (Fsp3) is 0.600. The van der Waals surface area contributed by atoms with Crippen molar-refractivity contribution in [3.05, 3.63) is 30.0 Å². The lowest BCUT2D eigenvalue weighted by Crippen LogP contribution is -2.02. The molecule has 0 aliphatic rings. The van der Waals surface area contributed by atoms with E-state index in [4.69, 9.17) is 10.7 Å². The van der Waals surface area contributed by atoms with Crippen molar-refractivity contribution in [3.63, 3.8) is 0 Å². The highest BCUT2D eigenvalue weighted by atomic mass is 19.1. The van der Waals surface area contributed by atoms with Gasteiger partial charge in [-0.3, -0.25) is 4.39 Å². The van der Waals surface area contributed by atoms with E-state index >= 15 is 0 Å². The Morgan fingerprint density at radius 3 is 2.08 bits per heavy atom. The number of aromatic nitrogens is 1. The first-order chi connectivity index (χ1) is 11.8. The van der Waals surface area contributed by atoms with Gasteiger partial charge in [0.05, 0.1) is 7.18 Å². The monoisotopic (exact) mass is 338 g/mol. The van der Waals surface area contributed by atoms with E-state index in [1.165, 1.54) is 44.1 Å². The summed E-state index contributed by atoms with van der Waals surface area (Å²) in [6, 6.07) is 5.84. The smallest absolute Gasteiger partial charge is 0.156 e. The number of nitrogens with two attached hydrogens (primary N) is 1. The summed E-state index contributed by atoms with van der Waals surface area (Å²) in [7, 11) is 0.500. The normalized spacial score (nSPS) is 9.75. The van der Waals surface area contributed by atoms with Crippen LogP contribution in [0.15, 0.2) is 24.4 Å². The second-order valence-corrected chi connectivity index (χ2v) is 5.77. The number of benzene rings is 1. The van der Waals surface area contributed by atoms with Crippen molar-refractivity contribution in [1.29, 1.82) is 0 Å². The highest BCUT2D eigenvalue weighted by Crippen LogP contribution is 2.28. The van der Waals surface area contributed by atoms with Gasteiger partial charge in [0.1, 0.15) is 0 Å². The third-order valence-electron chi connectivity index (χ3n) is 3.85. The van der Waals surface area contributed by atoms with Crippen LogP contribution in [0, 0.1) is 0 Å². The van der Waals surface area contributed by atoms with Crippen LogP contribution in [0.3, 0.4) is 0 Å². The van der Waals surface area contributed by atoms with Gasteiger partial charge in [0, 0.05) is 17.1 Å². The number of hydrogen-bond acceptors (Lipinski definition) is 2. The summed E-state index contributed by atoms with van der Waals surface area (Å²) in [5.41, 5.74) is 2.35. The van der Waals surface area contributed by atoms with Crippen molar-refractivity contribution in [2.45, 2.75) is 72.1 Å². The predicted octanol–water partition coefficient (Wildman–Crippen LogP) is 6.33. The minimum atomic E-state index is 0.500. The van der Waals surface area contributed by atoms with Gasteiger partial charge in [-0.15, -0.1) is 0 Å². The molecule has 0 radical (unpaired) electrons. The van der Waals surface area contributed by atoms with Gasteiger partial charge in [-0.1, -0.05) is 71.8 Å². The lowest BCUT2D eigenvalue weighted by Gasteiger charge is -2.02. The zero-order chi connectivity index (χ0) is 18.2. The number of alkyl halides is 1. The molecule has 0 unspecified atom stereocenters. The molecule has 24 heavy (non-hydrogen) atoms. The Morgan fingerprint density at radius 1 is 0.958 bits per heavy atom. The van der Waals surface area contributed by atoms with E-state index in [1.54, 1.807) is 0 Å². The summed E-state index contributed by atoms with van der Waals surface area (Å²) in [6.45, 7) is 6.67. The standard InChI is InChI=1S/C11H14N2O.C8H18.CH3F/c1-2-4-8-7-13-9-5-3-6-10(14-12)11(8)9;1-3-5-7-8-6-4-2;1-2/h3,5-7,13H,2,4,12H2,1H3;3-8H2,1-2H3;1H3.